The van der Waals surface area contributed by atoms with Crippen LogP contribution < -0.4 is 15.8 Å². The third kappa shape index (κ3) is 2.85. The van der Waals surface area contributed by atoms with Crippen molar-refractivity contribution in [3.63, 3.8) is 0 Å². The van der Waals surface area contributed by atoms with E-state index in [1.807, 2.05) is 0 Å². The van der Waals surface area contributed by atoms with Gasteiger partial charge in [-0.15, -0.1) is 0 Å². The van der Waals surface area contributed by atoms with E-state index < -0.39 is 0 Å². The molecule has 0 spiro atoms. The van der Waals surface area contributed by atoms with E-state index in [2.05, 4.69) is 31.3 Å². The number of hydrogen-bond acceptors (Lipinski definition) is 3. The fraction of sp³-hybridized carbons (Fsp3) is 0.600. The first kappa shape index (κ1) is 13.4. The molecule has 0 aliphatic carbocycles. The highest BCUT2D eigenvalue weighted by atomic mass is 16.5. The van der Waals surface area contributed by atoms with Crippen LogP contribution in [0.4, 0.5) is 0 Å². The Hall–Kier alpha value is -1.06. The van der Waals surface area contributed by atoms with Crippen molar-refractivity contribution in [1.29, 1.82) is 0 Å². The van der Waals surface area contributed by atoms with Gasteiger partial charge in [-0.2, -0.15) is 0 Å². The lowest BCUT2D eigenvalue weighted by Gasteiger charge is -2.19. The molecule has 0 aromatic heterocycles. The van der Waals surface area contributed by atoms with E-state index in [9.17, 15) is 0 Å². The molecule has 0 saturated carbocycles. The van der Waals surface area contributed by atoms with Crippen LogP contribution in [-0.4, -0.2) is 20.2 Å². The minimum Gasteiger partial charge on any atom is -0.496 e. The second-order valence-corrected chi connectivity index (χ2v) is 5.39. The van der Waals surface area contributed by atoms with Crippen molar-refractivity contribution >= 4 is 0 Å². The molecule has 3 N–H and O–H groups in total. The second kappa shape index (κ2) is 5.72. The predicted molar refractivity (Wildman–Crippen MR) is 75.0 cm³/mol. The summed E-state index contributed by atoms with van der Waals surface area (Å²) in [5.74, 6) is 1.70. The summed E-state index contributed by atoms with van der Waals surface area (Å²) >= 11 is 0. The third-order valence-corrected chi connectivity index (χ3v) is 3.86. The fourth-order valence-electron chi connectivity index (χ4n) is 2.93. The summed E-state index contributed by atoms with van der Waals surface area (Å²) in [5.41, 5.74) is 9.92. The third-order valence-electron chi connectivity index (χ3n) is 3.86. The molecule has 1 fully saturated rings. The molecule has 1 aromatic rings. The molecule has 0 bridgehead atoms. The van der Waals surface area contributed by atoms with Gasteiger partial charge in [0.05, 0.1) is 7.11 Å². The molecule has 0 radical (unpaired) electrons. The van der Waals surface area contributed by atoms with Gasteiger partial charge in [0, 0.05) is 6.04 Å². The minimum atomic E-state index is 0.137. The van der Waals surface area contributed by atoms with Crippen LogP contribution in [0.25, 0.3) is 0 Å². The summed E-state index contributed by atoms with van der Waals surface area (Å²) in [5, 5.41) is 3.39. The standard InChI is InChI=1S/C15H24N2O/c1-10-6-13(7-11(2)15(10)18-3)14(16)8-12-4-5-17-9-12/h6-7,12,14,17H,4-5,8-9,16H2,1-3H3. The predicted octanol–water partition coefficient (Wildman–Crippen LogP) is 2.31. The SMILES string of the molecule is COc1c(C)cc(C(N)CC2CCNC2)cc1C. The number of aryl methyl sites for hydroxylation is 2. The molecule has 3 nitrogen and oxygen atoms in total. The van der Waals surface area contributed by atoms with Gasteiger partial charge in [-0.3, -0.25) is 0 Å². The fourth-order valence-corrected chi connectivity index (χ4v) is 2.93. The molecular formula is C15H24N2O. The highest BCUT2D eigenvalue weighted by Gasteiger charge is 2.19. The summed E-state index contributed by atoms with van der Waals surface area (Å²) in [6.45, 7) is 6.41. The number of methoxy groups -OCH3 is 1. The molecular weight excluding hydrogens is 224 g/mol. The zero-order valence-corrected chi connectivity index (χ0v) is 11.6. The first-order valence-corrected chi connectivity index (χ1v) is 6.73. The number of nitrogens with one attached hydrogen (secondary N) is 1. The maximum Gasteiger partial charge on any atom is 0.124 e. The maximum absolute atomic E-state index is 6.34. The van der Waals surface area contributed by atoms with Crippen molar-refractivity contribution in [1.82, 2.24) is 5.32 Å². The van der Waals surface area contributed by atoms with E-state index in [0.717, 1.165) is 31.2 Å². The van der Waals surface area contributed by atoms with E-state index in [0.29, 0.717) is 0 Å². The quantitative estimate of drug-likeness (QED) is 0.859. The van der Waals surface area contributed by atoms with Gasteiger partial charge < -0.3 is 15.8 Å². The molecule has 1 aliphatic heterocycles. The zero-order chi connectivity index (χ0) is 13.1. The van der Waals surface area contributed by atoms with Crippen LogP contribution in [0.5, 0.6) is 5.75 Å². The average Bonchev–Trinajstić information content (AvgIpc) is 2.81. The molecule has 1 heterocycles. The van der Waals surface area contributed by atoms with Crippen LogP contribution >= 0.6 is 0 Å². The van der Waals surface area contributed by atoms with Crippen molar-refractivity contribution in [2.45, 2.75) is 32.7 Å². The lowest BCUT2D eigenvalue weighted by atomic mass is 9.92. The van der Waals surface area contributed by atoms with Crippen molar-refractivity contribution in [2.75, 3.05) is 20.2 Å². The Morgan fingerprint density at radius 2 is 2.06 bits per heavy atom. The molecule has 18 heavy (non-hydrogen) atoms. The molecule has 1 aliphatic rings. The first-order valence-electron chi connectivity index (χ1n) is 6.73. The van der Waals surface area contributed by atoms with Gasteiger partial charge in [-0.05, 0) is 62.4 Å². The summed E-state index contributed by atoms with van der Waals surface area (Å²) in [4.78, 5) is 0. The van der Waals surface area contributed by atoms with Crippen molar-refractivity contribution in [3.05, 3.63) is 28.8 Å². The van der Waals surface area contributed by atoms with Crippen molar-refractivity contribution in [3.8, 4) is 5.75 Å². The largest absolute Gasteiger partial charge is 0.496 e. The summed E-state index contributed by atoms with van der Waals surface area (Å²) in [6.07, 6.45) is 2.32. The zero-order valence-electron chi connectivity index (χ0n) is 11.6. The van der Waals surface area contributed by atoms with E-state index in [1.165, 1.54) is 23.1 Å². The van der Waals surface area contributed by atoms with E-state index in [4.69, 9.17) is 10.5 Å². The second-order valence-electron chi connectivity index (χ2n) is 5.39. The molecule has 2 rings (SSSR count). The summed E-state index contributed by atoms with van der Waals surface area (Å²) < 4.78 is 5.39. The Labute approximate surface area is 110 Å². The Morgan fingerprint density at radius 3 is 2.56 bits per heavy atom. The minimum absolute atomic E-state index is 0.137. The van der Waals surface area contributed by atoms with Gasteiger partial charge in [-0.1, -0.05) is 12.1 Å². The van der Waals surface area contributed by atoms with E-state index in [1.54, 1.807) is 7.11 Å². The van der Waals surface area contributed by atoms with E-state index >= 15 is 0 Å². The highest BCUT2D eigenvalue weighted by Crippen LogP contribution is 2.29. The molecule has 2 atom stereocenters. The highest BCUT2D eigenvalue weighted by molar-refractivity contribution is 5.44. The average molecular weight is 248 g/mol. The first-order chi connectivity index (χ1) is 8.61. The van der Waals surface area contributed by atoms with Crippen LogP contribution in [0.2, 0.25) is 0 Å². The van der Waals surface area contributed by atoms with Gasteiger partial charge in [0.25, 0.3) is 0 Å². The molecule has 3 heteroatoms. The Bertz CT molecular complexity index is 388. The number of hydrogen-bond donors (Lipinski definition) is 2. The van der Waals surface area contributed by atoms with Gasteiger partial charge in [-0.25, -0.2) is 0 Å². The van der Waals surface area contributed by atoms with Gasteiger partial charge >= 0.3 is 0 Å². The molecule has 1 aromatic carbocycles. The Kier molecular flexibility index (Phi) is 4.25. The molecule has 0 amide bonds. The number of nitrogens with two attached hydrogens (primary N) is 1. The lowest BCUT2D eigenvalue weighted by molar-refractivity contribution is 0.407. The van der Waals surface area contributed by atoms with Crippen molar-refractivity contribution in [2.24, 2.45) is 11.7 Å². The van der Waals surface area contributed by atoms with Crippen LogP contribution in [0.3, 0.4) is 0 Å². The Balaban J connectivity index is 2.12. The van der Waals surface area contributed by atoms with Crippen LogP contribution in [0.15, 0.2) is 12.1 Å². The number of rotatable bonds is 4. The lowest BCUT2D eigenvalue weighted by Crippen LogP contribution is -2.17. The smallest absolute Gasteiger partial charge is 0.124 e. The monoisotopic (exact) mass is 248 g/mol. The normalized spacial score (nSPS) is 21.0. The molecule has 100 valence electrons. The number of ether oxygens (including phenoxy) is 1. The van der Waals surface area contributed by atoms with Crippen LogP contribution in [0.1, 0.15) is 35.6 Å². The van der Waals surface area contributed by atoms with Gasteiger partial charge in [0.2, 0.25) is 0 Å². The number of benzene rings is 1. The maximum atomic E-state index is 6.34. The molecule has 2 unspecified atom stereocenters. The van der Waals surface area contributed by atoms with Crippen LogP contribution in [0, 0.1) is 19.8 Å². The van der Waals surface area contributed by atoms with Gasteiger partial charge in [0.1, 0.15) is 5.75 Å². The van der Waals surface area contributed by atoms with Gasteiger partial charge in [0.15, 0.2) is 0 Å². The Morgan fingerprint density at radius 1 is 1.39 bits per heavy atom. The topological polar surface area (TPSA) is 47.3 Å². The van der Waals surface area contributed by atoms with E-state index in [-0.39, 0.29) is 6.04 Å². The van der Waals surface area contributed by atoms with Crippen LogP contribution in [-0.2, 0) is 0 Å². The molecule has 1 saturated heterocycles. The summed E-state index contributed by atoms with van der Waals surface area (Å²) in [6, 6.07) is 4.47. The van der Waals surface area contributed by atoms with Crippen molar-refractivity contribution < 1.29 is 4.74 Å². The summed E-state index contributed by atoms with van der Waals surface area (Å²) in [7, 11) is 1.72.